The Morgan fingerprint density at radius 3 is 2.55 bits per heavy atom. The van der Waals surface area contributed by atoms with Gasteiger partial charge in [0.2, 0.25) is 11.8 Å². The molecular weight excluding hydrogens is 426 g/mol. The first-order valence-electron chi connectivity index (χ1n) is 11.1. The van der Waals surface area contributed by atoms with E-state index in [1.807, 2.05) is 16.7 Å². The van der Waals surface area contributed by atoms with Crippen LogP contribution in [-0.4, -0.2) is 72.9 Å². The topological polar surface area (TPSA) is 127 Å². The lowest BCUT2D eigenvalue weighted by Gasteiger charge is -2.39. The number of hydrogen-bond acceptors (Lipinski definition) is 7. The van der Waals surface area contributed by atoms with Crippen LogP contribution in [0.3, 0.4) is 0 Å². The Kier molecular flexibility index (Phi) is 6.47. The van der Waals surface area contributed by atoms with Crippen LogP contribution in [0.1, 0.15) is 38.2 Å². The van der Waals surface area contributed by atoms with Crippen LogP contribution in [0.15, 0.2) is 36.2 Å². The zero-order chi connectivity index (χ0) is 23.4. The molecule has 0 bridgehead atoms. The van der Waals surface area contributed by atoms with E-state index in [1.165, 1.54) is 23.1 Å². The molecule has 0 atom stereocenters. The molecule has 1 aromatic heterocycles. The Balaban J connectivity index is 1.37. The lowest BCUT2D eigenvalue weighted by molar-refractivity contribution is -0.384. The highest BCUT2D eigenvalue weighted by Gasteiger charge is 2.43. The number of nitro benzene ring substituents is 1. The van der Waals surface area contributed by atoms with Crippen molar-refractivity contribution < 1.29 is 14.5 Å². The number of likely N-dealkylation sites (tertiary alicyclic amines) is 2. The first-order valence-corrected chi connectivity index (χ1v) is 11.1. The summed E-state index contributed by atoms with van der Waals surface area (Å²) in [5.74, 6) is -0.0192. The van der Waals surface area contributed by atoms with Gasteiger partial charge in [0.25, 0.3) is 5.69 Å². The van der Waals surface area contributed by atoms with E-state index in [0.717, 1.165) is 19.3 Å². The van der Waals surface area contributed by atoms with Gasteiger partial charge in [0, 0.05) is 43.9 Å². The summed E-state index contributed by atoms with van der Waals surface area (Å²) >= 11 is 0. The molecule has 0 saturated carbocycles. The number of non-ortho nitro benzene ring substituents is 1. The van der Waals surface area contributed by atoms with E-state index in [9.17, 15) is 19.7 Å². The smallest absolute Gasteiger partial charge is 0.270 e. The SMILES string of the molecule is CC/C(=C/c1cccc([N+](=O)[O-])c1)C(=O)N1CCC2(CCN(C(=O)Cn3cnnn3)CC2)C1. The molecule has 11 nitrogen and oxygen atoms in total. The molecular formula is C22H27N7O4. The Morgan fingerprint density at radius 2 is 1.91 bits per heavy atom. The number of carbonyl (C=O) groups excluding carboxylic acids is 2. The van der Waals surface area contributed by atoms with Crippen molar-refractivity contribution >= 4 is 23.6 Å². The highest BCUT2D eigenvalue weighted by Crippen LogP contribution is 2.41. The molecule has 0 aliphatic carbocycles. The highest BCUT2D eigenvalue weighted by atomic mass is 16.6. The molecule has 2 aliphatic heterocycles. The third-order valence-electron chi connectivity index (χ3n) is 6.67. The van der Waals surface area contributed by atoms with Gasteiger partial charge in [-0.15, -0.1) is 5.10 Å². The molecule has 2 aromatic rings. The van der Waals surface area contributed by atoms with Gasteiger partial charge in [0.15, 0.2) is 0 Å². The van der Waals surface area contributed by atoms with E-state index in [2.05, 4.69) is 15.5 Å². The van der Waals surface area contributed by atoms with Crippen LogP contribution in [0.2, 0.25) is 0 Å². The zero-order valence-electron chi connectivity index (χ0n) is 18.6. The molecule has 0 radical (unpaired) electrons. The van der Waals surface area contributed by atoms with Crippen LogP contribution >= 0.6 is 0 Å². The minimum absolute atomic E-state index is 0.00348. The quantitative estimate of drug-likeness (QED) is 0.371. The van der Waals surface area contributed by atoms with Crippen molar-refractivity contribution in [1.82, 2.24) is 30.0 Å². The molecule has 2 fully saturated rings. The summed E-state index contributed by atoms with van der Waals surface area (Å²) in [6.45, 7) is 4.73. The Bertz CT molecular complexity index is 1060. The van der Waals surface area contributed by atoms with Gasteiger partial charge in [-0.2, -0.15) is 0 Å². The maximum Gasteiger partial charge on any atom is 0.270 e. The number of nitrogens with zero attached hydrogens (tertiary/aromatic N) is 7. The fourth-order valence-corrected chi connectivity index (χ4v) is 4.69. The van der Waals surface area contributed by atoms with Crippen molar-refractivity contribution in [2.24, 2.45) is 5.41 Å². The van der Waals surface area contributed by atoms with Crippen LogP contribution < -0.4 is 0 Å². The summed E-state index contributed by atoms with van der Waals surface area (Å²) in [5.41, 5.74) is 1.33. The number of carbonyl (C=O) groups is 2. The molecule has 1 aromatic carbocycles. The van der Waals surface area contributed by atoms with Crippen molar-refractivity contribution in [3.63, 3.8) is 0 Å². The second-order valence-electron chi connectivity index (χ2n) is 8.74. The molecule has 33 heavy (non-hydrogen) atoms. The van der Waals surface area contributed by atoms with Gasteiger partial charge in [-0.25, -0.2) is 4.68 Å². The lowest BCUT2D eigenvalue weighted by Crippen LogP contribution is -2.45. The van der Waals surface area contributed by atoms with Crippen molar-refractivity contribution in [2.45, 2.75) is 39.2 Å². The van der Waals surface area contributed by atoms with Crippen LogP contribution in [-0.2, 0) is 16.1 Å². The number of piperidine rings is 1. The van der Waals surface area contributed by atoms with Crippen molar-refractivity contribution in [2.75, 3.05) is 26.2 Å². The third kappa shape index (κ3) is 5.07. The average molecular weight is 454 g/mol. The van der Waals surface area contributed by atoms with E-state index in [1.54, 1.807) is 18.2 Å². The molecule has 4 rings (SSSR count). The summed E-state index contributed by atoms with van der Waals surface area (Å²) < 4.78 is 1.42. The van der Waals surface area contributed by atoms with Crippen molar-refractivity contribution in [3.8, 4) is 0 Å². The summed E-state index contributed by atoms with van der Waals surface area (Å²) in [6.07, 6.45) is 6.35. The standard InChI is InChI=1S/C22H27N7O4/c1-2-18(12-17-4-3-5-19(13-17)29(32)33)21(31)27-11-8-22(15-27)6-9-26(10-7-22)20(30)14-28-16-23-24-25-28/h3-5,12-13,16H,2,6-11,14-15H2,1H3/b18-12-. The Hall–Kier alpha value is -3.63. The van der Waals surface area contributed by atoms with E-state index in [4.69, 9.17) is 0 Å². The second kappa shape index (κ2) is 9.47. The van der Waals surface area contributed by atoms with Gasteiger partial charge in [0.05, 0.1) is 4.92 Å². The van der Waals surface area contributed by atoms with Crippen LogP contribution in [0.5, 0.6) is 0 Å². The predicted molar refractivity (Wildman–Crippen MR) is 119 cm³/mol. The second-order valence-corrected chi connectivity index (χ2v) is 8.74. The van der Waals surface area contributed by atoms with Gasteiger partial charge in [0.1, 0.15) is 12.9 Å². The maximum absolute atomic E-state index is 13.2. The van der Waals surface area contributed by atoms with E-state index in [0.29, 0.717) is 43.7 Å². The predicted octanol–water partition coefficient (Wildman–Crippen LogP) is 1.92. The fraction of sp³-hybridized carbons (Fsp3) is 0.500. The Morgan fingerprint density at radius 1 is 1.18 bits per heavy atom. The molecule has 3 heterocycles. The highest BCUT2D eigenvalue weighted by molar-refractivity contribution is 5.98. The normalized spacial score (nSPS) is 18.0. The van der Waals surface area contributed by atoms with Crippen molar-refractivity contribution in [1.29, 1.82) is 0 Å². The van der Waals surface area contributed by atoms with Crippen molar-refractivity contribution in [3.05, 3.63) is 51.8 Å². The van der Waals surface area contributed by atoms with E-state index in [-0.39, 0.29) is 29.5 Å². The number of nitro groups is 1. The number of aromatic nitrogens is 4. The minimum Gasteiger partial charge on any atom is -0.341 e. The molecule has 1 spiro atoms. The van der Waals surface area contributed by atoms with Gasteiger partial charge in [-0.1, -0.05) is 19.1 Å². The number of amides is 2. The lowest BCUT2D eigenvalue weighted by atomic mass is 9.78. The molecule has 2 saturated heterocycles. The number of hydrogen-bond donors (Lipinski definition) is 0. The number of tetrazole rings is 1. The minimum atomic E-state index is -0.436. The summed E-state index contributed by atoms with van der Waals surface area (Å²) in [7, 11) is 0. The third-order valence-corrected chi connectivity index (χ3v) is 6.67. The van der Waals surface area contributed by atoms with E-state index < -0.39 is 4.92 Å². The maximum atomic E-state index is 13.2. The molecule has 0 N–H and O–H groups in total. The largest absolute Gasteiger partial charge is 0.341 e. The fourth-order valence-electron chi connectivity index (χ4n) is 4.69. The zero-order valence-corrected chi connectivity index (χ0v) is 18.6. The van der Waals surface area contributed by atoms with E-state index >= 15 is 0 Å². The average Bonchev–Trinajstić information content (AvgIpc) is 3.48. The molecule has 0 unspecified atom stereocenters. The van der Waals surface area contributed by atoms with Crippen LogP contribution in [0, 0.1) is 15.5 Å². The Labute approximate surface area is 191 Å². The van der Waals surface area contributed by atoms with Gasteiger partial charge < -0.3 is 9.80 Å². The molecule has 11 heteroatoms. The summed E-state index contributed by atoms with van der Waals surface area (Å²) in [4.78, 5) is 40.1. The first kappa shape index (κ1) is 22.6. The molecule has 2 aliphatic rings. The number of rotatable bonds is 6. The van der Waals surface area contributed by atoms with Crippen LogP contribution in [0.4, 0.5) is 5.69 Å². The number of benzene rings is 1. The van der Waals surface area contributed by atoms with Gasteiger partial charge in [-0.3, -0.25) is 19.7 Å². The van der Waals surface area contributed by atoms with Crippen LogP contribution in [0.25, 0.3) is 6.08 Å². The van der Waals surface area contributed by atoms with Gasteiger partial charge in [-0.05, 0) is 53.2 Å². The monoisotopic (exact) mass is 453 g/mol. The molecule has 2 amide bonds. The van der Waals surface area contributed by atoms with Gasteiger partial charge >= 0.3 is 0 Å². The molecule has 174 valence electrons. The summed E-state index contributed by atoms with van der Waals surface area (Å²) in [5, 5.41) is 21.9. The first-order chi connectivity index (χ1) is 15.9. The summed E-state index contributed by atoms with van der Waals surface area (Å²) in [6, 6.07) is 6.32.